The Morgan fingerprint density at radius 2 is 1.94 bits per heavy atom. The van der Waals surface area contributed by atoms with Crippen LogP contribution < -0.4 is 5.32 Å². The van der Waals surface area contributed by atoms with E-state index in [0.717, 1.165) is 17.1 Å². The molecule has 94 valence electrons. The van der Waals surface area contributed by atoms with Crippen LogP contribution in [-0.4, -0.2) is 15.7 Å². The summed E-state index contributed by atoms with van der Waals surface area (Å²) in [5.41, 5.74) is 3.84. The highest BCUT2D eigenvalue weighted by molar-refractivity contribution is 5.92. The largest absolute Gasteiger partial charge is 0.326 e. The Hall–Kier alpha value is -2.10. The summed E-state index contributed by atoms with van der Waals surface area (Å²) < 4.78 is 1.74. The first-order chi connectivity index (χ1) is 8.54. The van der Waals surface area contributed by atoms with Crippen LogP contribution in [0.2, 0.25) is 0 Å². The molecule has 1 aromatic heterocycles. The fourth-order valence-corrected chi connectivity index (χ4v) is 1.84. The van der Waals surface area contributed by atoms with Crippen molar-refractivity contribution in [2.45, 2.75) is 20.3 Å². The number of amides is 1. The molecule has 1 N–H and O–H groups in total. The SMILES string of the molecule is Cc1ccc(NC(=O)Cc2cc(C)nn2C)cc1. The molecule has 0 aliphatic rings. The van der Waals surface area contributed by atoms with Gasteiger partial charge < -0.3 is 5.32 Å². The van der Waals surface area contributed by atoms with Gasteiger partial charge in [-0.25, -0.2) is 0 Å². The number of anilines is 1. The molecule has 1 amide bonds. The van der Waals surface area contributed by atoms with Crippen LogP contribution in [0.4, 0.5) is 5.69 Å². The lowest BCUT2D eigenvalue weighted by atomic mass is 10.2. The summed E-state index contributed by atoms with van der Waals surface area (Å²) in [5, 5.41) is 7.09. The van der Waals surface area contributed by atoms with Crippen LogP contribution >= 0.6 is 0 Å². The van der Waals surface area contributed by atoms with Gasteiger partial charge in [-0.2, -0.15) is 5.10 Å². The summed E-state index contributed by atoms with van der Waals surface area (Å²) >= 11 is 0. The minimum Gasteiger partial charge on any atom is -0.326 e. The summed E-state index contributed by atoms with van der Waals surface area (Å²) in [6.07, 6.45) is 0.339. The predicted molar refractivity (Wildman–Crippen MR) is 71.5 cm³/mol. The van der Waals surface area contributed by atoms with Gasteiger partial charge in [0.05, 0.1) is 12.1 Å². The van der Waals surface area contributed by atoms with Crippen molar-refractivity contribution in [3.63, 3.8) is 0 Å². The van der Waals surface area contributed by atoms with E-state index in [2.05, 4.69) is 10.4 Å². The Balaban J connectivity index is 2.01. The molecule has 2 rings (SSSR count). The number of hydrogen-bond donors (Lipinski definition) is 1. The molecule has 4 heteroatoms. The molecule has 0 fully saturated rings. The van der Waals surface area contributed by atoms with E-state index >= 15 is 0 Å². The highest BCUT2D eigenvalue weighted by Gasteiger charge is 2.08. The van der Waals surface area contributed by atoms with E-state index in [1.54, 1.807) is 4.68 Å². The molecule has 18 heavy (non-hydrogen) atoms. The lowest BCUT2D eigenvalue weighted by Crippen LogP contribution is -2.16. The van der Waals surface area contributed by atoms with Crippen LogP contribution in [-0.2, 0) is 18.3 Å². The van der Waals surface area contributed by atoms with Gasteiger partial charge in [0.15, 0.2) is 0 Å². The van der Waals surface area contributed by atoms with Crippen molar-refractivity contribution in [1.29, 1.82) is 0 Å². The molecular formula is C14H17N3O. The maximum Gasteiger partial charge on any atom is 0.230 e. The van der Waals surface area contributed by atoms with Crippen LogP contribution in [0.15, 0.2) is 30.3 Å². The van der Waals surface area contributed by atoms with Crippen LogP contribution in [0.3, 0.4) is 0 Å². The van der Waals surface area contributed by atoms with E-state index in [1.807, 2.05) is 51.2 Å². The van der Waals surface area contributed by atoms with E-state index in [-0.39, 0.29) is 5.91 Å². The minimum atomic E-state index is -0.0261. The Morgan fingerprint density at radius 3 is 2.50 bits per heavy atom. The molecule has 0 spiro atoms. The second-order valence-corrected chi connectivity index (χ2v) is 4.49. The number of carbonyl (C=O) groups excluding carboxylic acids is 1. The van der Waals surface area contributed by atoms with Gasteiger partial charge >= 0.3 is 0 Å². The second kappa shape index (κ2) is 5.04. The molecule has 0 saturated carbocycles. The summed E-state index contributed by atoms with van der Waals surface area (Å²) in [7, 11) is 1.85. The molecule has 0 saturated heterocycles. The van der Waals surface area contributed by atoms with Crippen molar-refractivity contribution in [3.8, 4) is 0 Å². The molecular weight excluding hydrogens is 226 g/mol. The van der Waals surface area contributed by atoms with E-state index in [1.165, 1.54) is 5.56 Å². The third-order valence-corrected chi connectivity index (χ3v) is 2.78. The number of nitrogens with zero attached hydrogens (tertiary/aromatic N) is 2. The standard InChI is InChI=1S/C14H17N3O/c1-10-4-6-12(7-5-10)15-14(18)9-13-8-11(2)16-17(13)3/h4-8H,9H2,1-3H3,(H,15,18). The van der Waals surface area contributed by atoms with Gasteiger partial charge in [0, 0.05) is 18.4 Å². The van der Waals surface area contributed by atoms with Crippen molar-refractivity contribution in [1.82, 2.24) is 9.78 Å². The van der Waals surface area contributed by atoms with Gasteiger partial charge in [0.2, 0.25) is 5.91 Å². The number of benzene rings is 1. The first kappa shape index (κ1) is 12.4. The lowest BCUT2D eigenvalue weighted by molar-refractivity contribution is -0.115. The number of hydrogen-bond acceptors (Lipinski definition) is 2. The number of nitrogens with one attached hydrogen (secondary N) is 1. The molecule has 0 unspecified atom stereocenters. The molecule has 0 bridgehead atoms. The van der Waals surface area contributed by atoms with Crippen LogP contribution in [0.25, 0.3) is 0 Å². The Labute approximate surface area is 107 Å². The molecule has 0 aliphatic carbocycles. The Kier molecular flexibility index (Phi) is 3.46. The zero-order valence-electron chi connectivity index (χ0n) is 10.9. The maximum absolute atomic E-state index is 11.9. The van der Waals surface area contributed by atoms with Gasteiger partial charge in [-0.3, -0.25) is 9.48 Å². The maximum atomic E-state index is 11.9. The number of carbonyl (C=O) groups is 1. The minimum absolute atomic E-state index is 0.0261. The van der Waals surface area contributed by atoms with E-state index in [0.29, 0.717) is 6.42 Å². The zero-order chi connectivity index (χ0) is 13.1. The normalized spacial score (nSPS) is 10.4. The Morgan fingerprint density at radius 1 is 1.28 bits per heavy atom. The number of aryl methyl sites for hydroxylation is 3. The zero-order valence-corrected chi connectivity index (χ0v) is 10.9. The summed E-state index contributed by atoms with van der Waals surface area (Å²) in [4.78, 5) is 11.9. The molecule has 0 atom stereocenters. The fraction of sp³-hybridized carbons (Fsp3) is 0.286. The highest BCUT2D eigenvalue weighted by Crippen LogP contribution is 2.10. The average Bonchev–Trinajstić information content (AvgIpc) is 2.61. The summed E-state index contributed by atoms with van der Waals surface area (Å²) in [5.74, 6) is -0.0261. The van der Waals surface area contributed by atoms with E-state index < -0.39 is 0 Å². The predicted octanol–water partition coefficient (Wildman–Crippen LogP) is 2.22. The third-order valence-electron chi connectivity index (χ3n) is 2.78. The van der Waals surface area contributed by atoms with Crippen molar-refractivity contribution < 1.29 is 4.79 Å². The summed E-state index contributed by atoms with van der Waals surface area (Å²) in [6.45, 7) is 3.94. The Bertz CT molecular complexity index is 555. The van der Waals surface area contributed by atoms with Gasteiger partial charge in [0.1, 0.15) is 0 Å². The van der Waals surface area contributed by atoms with Gasteiger partial charge in [-0.05, 0) is 32.0 Å². The highest BCUT2D eigenvalue weighted by atomic mass is 16.1. The fourth-order valence-electron chi connectivity index (χ4n) is 1.84. The van der Waals surface area contributed by atoms with Crippen molar-refractivity contribution in [2.24, 2.45) is 7.05 Å². The third kappa shape index (κ3) is 2.97. The quantitative estimate of drug-likeness (QED) is 0.898. The van der Waals surface area contributed by atoms with Gasteiger partial charge in [-0.1, -0.05) is 17.7 Å². The van der Waals surface area contributed by atoms with E-state index in [9.17, 15) is 4.79 Å². The van der Waals surface area contributed by atoms with Gasteiger partial charge in [-0.15, -0.1) is 0 Å². The summed E-state index contributed by atoms with van der Waals surface area (Å²) in [6, 6.07) is 9.69. The number of rotatable bonds is 3. The second-order valence-electron chi connectivity index (χ2n) is 4.49. The number of aromatic nitrogens is 2. The van der Waals surface area contributed by atoms with Crippen LogP contribution in [0.1, 0.15) is 17.0 Å². The van der Waals surface area contributed by atoms with E-state index in [4.69, 9.17) is 0 Å². The van der Waals surface area contributed by atoms with Crippen LogP contribution in [0.5, 0.6) is 0 Å². The van der Waals surface area contributed by atoms with Gasteiger partial charge in [0.25, 0.3) is 0 Å². The molecule has 4 nitrogen and oxygen atoms in total. The molecule has 2 aromatic rings. The topological polar surface area (TPSA) is 46.9 Å². The molecule has 1 aromatic carbocycles. The average molecular weight is 243 g/mol. The first-order valence-corrected chi connectivity index (χ1v) is 5.90. The van der Waals surface area contributed by atoms with Crippen molar-refractivity contribution >= 4 is 11.6 Å². The van der Waals surface area contributed by atoms with Crippen molar-refractivity contribution in [3.05, 3.63) is 47.3 Å². The molecule has 1 heterocycles. The van der Waals surface area contributed by atoms with Crippen molar-refractivity contribution in [2.75, 3.05) is 5.32 Å². The van der Waals surface area contributed by atoms with Crippen LogP contribution in [0, 0.1) is 13.8 Å². The molecule has 0 aliphatic heterocycles. The molecule has 0 radical (unpaired) electrons. The first-order valence-electron chi connectivity index (χ1n) is 5.90. The smallest absolute Gasteiger partial charge is 0.230 e. The lowest BCUT2D eigenvalue weighted by Gasteiger charge is -2.05. The monoisotopic (exact) mass is 243 g/mol.